The Bertz CT molecular complexity index is 1420. The average Bonchev–Trinajstić information content (AvgIpc) is 3.38. The Morgan fingerprint density at radius 1 is 0.474 bits per heavy atom. The van der Waals surface area contributed by atoms with Gasteiger partial charge < -0.3 is 28.8 Å². The smallest absolute Gasteiger partial charge is 0.268 e. The minimum atomic E-state index is -4.58. The molecule has 2 N–H and O–H groups in total. The van der Waals surface area contributed by atoms with Gasteiger partial charge in [-0.15, -0.1) is 0 Å². The van der Waals surface area contributed by atoms with E-state index in [2.05, 4.69) is 79.9 Å². The predicted octanol–water partition coefficient (Wildman–Crippen LogP) is 19.8. The van der Waals surface area contributed by atoms with E-state index in [4.69, 9.17) is 9.05 Å². The fourth-order valence-corrected chi connectivity index (χ4v) is 10.4. The number of rotatable bonds is 60. The minimum Gasteiger partial charge on any atom is -0.756 e. The van der Waals surface area contributed by atoms with Crippen molar-refractivity contribution in [2.45, 2.75) is 321 Å². The van der Waals surface area contributed by atoms with Crippen molar-refractivity contribution in [3.05, 3.63) is 60.8 Å². The molecule has 3 unspecified atom stereocenters. The van der Waals surface area contributed by atoms with Crippen LogP contribution in [0.15, 0.2) is 60.8 Å². The lowest BCUT2D eigenvalue weighted by Gasteiger charge is -2.30. The quantitative estimate of drug-likeness (QED) is 0.0272. The molecule has 0 saturated carbocycles. The molecular formula is C67H127N2O6P. The van der Waals surface area contributed by atoms with Crippen molar-refractivity contribution in [2.24, 2.45) is 0 Å². The number of hydrogen-bond donors (Lipinski definition) is 2. The van der Waals surface area contributed by atoms with Crippen LogP contribution >= 0.6 is 7.82 Å². The molecule has 8 nitrogen and oxygen atoms in total. The van der Waals surface area contributed by atoms with Crippen LogP contribution < -0.4 is 10.2 Å². The molecule has 446 valence electrons. The zero-order valence-electron chi connectivity index (χ0n) is 51.0. The highest BCUT2D eigenvalue weighted by Crippen LogP contribution is 2.38. The van der Waals surface area contributed by atoms with Crippen LogP contribution in [0.4, 0.5) is 0 Å². The Hall–Kier alpha value is -1.80. The normalized spacial score (nSPS) is 14.1. The summed E-state index contributed by atoms with van der Waals surface area (Å²) in [6.07, 6.45) is 78.5. The number of phosphoric acid groups is 1. The van der Waals surface area contributed by atoms with Crippen LogP contribution in [0.3, 0.4) is 0 Å². The van der Waals surface area contributed by atoms with Gasteiger partial charge in [-0.3, -0.25) is 9.36 Å². The standard InChI is InChI=1S/C67H127N2O6P/c1-6-8-10-12-14-16-18-20-22-24-26-28-30-31-32-33-34-35-36-37-39-40-42-44-46-48-50-52-54-56-58-60-66(70)65(64-75-76(72,73)74-63-62-69(3,4)5)68-67(71)61-59-57-55-53-51-49-47-45-43-41-38-29-27-25-23-21-19-17-15-13-11-9-7-2/h9,11,15,17,21,23,27,29,41,43,65-66,70H,6-8,10,12-14,16,18-20,22,24-26,28,30-40,42,44-64H2,1-5H3,(H-,68,71,72,73)/b11-9-,17-15-,23-21-,29-27-,43-41-. The van der Waals surface area contributed by atoms with Gasteiger partial charge in [0.15, 0.2) is 0 Å². The number of carbonyl (C=O) groups is 1. The zero-order valence-corrected chi connectivity index (χ0v) is 51.9. The first kappa shape index (κ1) is 74.2. The molecule has 0 aliphatic rings. The van der Waals surface area contributed by atoms with E-state index in [0.29, 0.717) is 23.9 Å². The summed E-state index contributed by atoms with van der Waals surface area (Å²) in [5, 5.41) is 14.1. The summed E-state index contributed by atoms with van der Waals surface area (Å²) in [4.78, 5) is 25.6. The Morgan fingerprint density at radius 3 is 1.17 bits per heavy atom. The fraction of sp³-hybridized carbons (Fsp3) is 0.836. The van der Waals surface area contributed by atoms with Gasteiger partial charge in [0.2, 0.25) is 5.91 Å². The summed E-state index contributed by atoms with van der Waals surface area (Å²) in [6.45, 7) is 4.63. The lowest BCUT2D eigenvalue weighted by Crippen LogP contribution is -2.46. The van der Waals surface area contributed by atoms with Crippen molar-refractivity contribution < 1.29 is 32.9 Å². The van der Waals surface area contributed by atoms with E-state index in [-0.39, 0.29) is 19.1 Å². The van der Waals surface area contributed by atoms with Crippen LogP contribution in [0.2, 0.25) is 0 Å². The van der Waals surface area contributed by atoms with Gasteiger partial charge in [0.25, 0.3) is 7.82 Å². The first-order valence-electron chi connectivity index (χ1n) is 32.6. The van der Waals surface area contributed by atoms with Crippen LogP contribution in [0, 0.1) is 0 Å². The molecule has 0 saturated heterocycles. The van der Waals surface area contributed by atoms with Crippen LogP contribution in [0.25, 0.3) is 0 Å². The molecule has 0 aromatic heterocycles. The third-order valence-corrected chi connectivity index (χ3v) is 15.7. The van der Waals surface area contributed by atoms with Crippen LogP contribution in [-0.2, 0) is 18.4 Å². The van der Waals surface area contributed by atoms with Crippen molar-refractivity contribution >= 4 is 13.7 Å². The summed E-state index contributed by atoms with van der Waals surface area (Å²) in [5.74, 6) is -0.174. The summed E-state index contributed by atoms with van der Waals surface area (Å²) in [6, 6.07) is -0.812. The number of quaternary nitrogens is 1. The monoisotopic (exact) mass is 1090 g/mol. The molecule has 0 fully saturated rings. The molecule has 3 atom stereocenters. The van der Waals surface area contributed by atoms with Gasteiger partial charge in [-0.25, -0.2) is 0 Å². The number of aliphatic hydroxyl groups excluding tert-OH is 1. The third-order valence-electron chi connectivity index (χ3n) is 14.8. The number of allylic oxidation sites excluding steroid dienone is 10. The van der Waals surface area contributed by atoms with Gasteiger partial charge >= 0.3 is 0 Å². The topological polar surface area (TPSA) is 108 Å². The van der Waals surface area contributed by atoms with Crippen molar-refractivity contribution in [2.75, 3.05) is 40.9 Å². The van der Waals surface area contributed by atoms with Crippen molar-refractivity contribution in [3.63, 3.8) is 0 Å². The molecule has 0 bridgehead atoms. The number of carbonyl (C=O) groups excluding carboxylic acids is 1. The summed E-state index contributed by atoms with van der Waals surface area (Å²) >= 11 is 0. The highest BCUT2D eigenvalue weighted by molar-refractivity contribution is 7.45. The first-order valence-corrected chi connectivity index (χ1v) is 34.1. The molecule has 0 rings (SSSR count). The zero-order chi connectivity index (χ0) is 55.6. The largest absolute Gasteiger partial charge is 0.756 e. The van der Waals surface area contributed by atoms with E-state index < -0.39 is 20.0 Å². The van der Waals surface area contributed by atoms with Crippen molar-refractivity contribution in [1.82, 2.24) is 5.32 Å². The van der Waals surface area contributed by atoms with E-state index >= 15 is 0 Å². The molecule has 0 aliphatic carbocycles. The molecule has 0 aliphatic heterocycles. The first-order chi connectivity index (χ1) is 37.0. The second-order valence-corrected chi connectivity index (χ2v) is 24.9. The Labute approximate surface area is 472 Å². The van der Waals surface area contributed by atoms with Gasteiger partial charge in [-0.1, -0.05) is 306 Å². The predicted molar refractivity (Wildman–Crippen MR) is 330 cm³/mol. The maximum Gasteiger partial charge on any atom is 0.268 e. The number of amides is 1. The van der Waals surface area contributed by atoms with Crippen LogP contribution in [0.5, 0.6) is 0 Å². The van der Waals surface area contributed by atoms with Crippen molar-refractivity contribution in [3.8, 4) is 0 Å². The van der Waals surface area contributed by atoms with Crippen LogP contribution in [0.1, 0.15) is 309 Å². The number of unbranched alkanes of at least 4 members (excludes halogenated alkanes) is 37. The molecule has 1 amide bonds. The lowest BCUT2D eigenvalue weighted by atomic mass is 10.0. The number of phosphoric ester groups is 1. The third kappa shape index (κ3) is 59.9. The van der Waals surface area contributed by atoms with E-state index in [1.807, 2.05) is 21.1 Å². The van der Waals surface area contributed by atoms with Gasteiger partial charge in [-0.2, -0.15) is 0 Å². The second-order valence-electron chi connectivity index (χ2n) is 23.4. The van der Waals surface area contributed by atoms with Gasteiger partial charge in [0, 0.05) is 6.42 Å². The van der Waals surface area contributed by atoms with Crippen molar-refractivity contribution in [1.29, 1.82) is 0 Å². The highest BCUT2D eigenvalue weighted by atomic mass is 31.2. The molecule has 0 aromatic carbocycles. The summed E-state index contributed by atoms with van der Waals surface area (Å²) < 4.78 is 23.5. The van der Waals surface area contributed by atoms with E-state index in [0.717, 1.165) is 83.5 Å². The SMILES string of the molecule is CC/C=C\C/C=C\C/C=C\C/C=C\C/C=C\CCCCCCCCCC(=O)NC(COP(=O)([O-])OCC[N+](C)(C)C)C(O)CCCCCCCCCCCCCCCCCCCCCCCCCCCCCCCCC. The number of hydrogen-bond acceptors (Lipinski definition) is 6. The maximum absolute atomic E-state index is 13.0. The number of aliphatic hydroxyl groups is 1. The average molecular weight is 1090 g/mol. The Morgan fingerprint density at radius 2 is 0.803 bits per heavy atom. The molecule has 9 heteroatoms. The maximum atomic E-state index is 13.0. The fourth-order valence-electron chi connectivity index (χ4n) is 9.72. The van der Waals surface area contributed by atoms with E-state index in [1.54, 1.807) is 0 Å². The lowest BCUT2D eigenvalue weighted by molar-refractivity contribution is -0.870. The van der Waals surface area contributed by atoms with Gasteiger partial charge in [-0.05, 0) is 57.8 Å². The molecule has 76 heavy (non-hydrogen) atoms. The number of likely N-dealkylation sites (N-methyl/N-ethyl adjacent to an activating group) is 1. The number of nitrogens with zero attached hydrogens (tertiary/aromatic N) is 1. The van der Waals surface area contributed by atoms with Crippen LogP contribution in [-0.4, -0.2) is 68.5 Å². The van der Waals surface area contributed by atoms with E-state index in [1.165, 1.54) is 199 Å². The minimum absolute atomic E-state index is 0.00778. The van der Waals surface area contributed by atoms with Gasteiger partial charge in [0.05, 0.1) is 39.9 Å². The second kappa shape index (κ2) is 57.9. The highest BCUT2D eigenvalue weighted by Gasteiger charge is 2.24. The Balaban J connectivity index is 4.08. The molecule has 0 aromatic rings. The number of nitrogens with one attached hydrogen (secondary N) is 1. The molecule has 0 heterocycles. The Kier molecular flexibility index (Phi) is 56.5. The summed E-state index contributed by atoms with van der Waals surface area (Å²) in [7, 11) is 1.30. The molecular weight excluding hydrogens is 960 g/mol. The summed E-state index contributed by atoms with van der Waals surface area (Å²) in [5.41, 5.74) is 0. The van der Waals surface area contributed by atoms with E-state index in [9.17, 15) is 19.4 Å². The molecule has 0 radical (unpaired) electrons. The van der Waals surface area contributed by atoms with Gasteiger partial charge in [0.1, 0.15) is 13.2 Å². The molecule has 0 spiro atoms.